The van der Waals surface area contributed by atoms with Gasteiger partial charge in [0.15, 0.2) is 17.3 Å². The van der Waals surface area contributed by atoms with Crippen LogP contribution in [0.15, 0.2) is 40.8 Å². The zero-order valence-corrected chi connectivity index (χ0v) is 19.7. The van der Waals surface area contributed by atoms with E-state index in [4.69, 9.17) is 30.2 Å². The van der Waals surface area contributed by atoms with E-state index in [9.17, 15) is 18.0 Å². The first-order valence-corrected chi connectivity index (χ1v) is 11.4. The summed E-state index contributed by atoms with van der Waals surface area (Å²) in [6.07, 6.45) is -3.63. The largest absolute Gasteiger partial charge is 0.492 e. The molecule has 6 nitrogen and oxygen atoms in total. The lowest BCUT2D eigenvalue weighted by molar-refractivity contribution is -0.913. The molecule has 35 heavy (non-hydrogen) atoms. The van der Waals surface area contributed by atoms with Crippen molar-refractivity contribution in [1.82, 2.24) is 0 Å². The van der Waals surface area contributed by atoms with E-state index in [1.807, 2.05) is 13.1 Å². The Morgan fingerprint density at radius 3 is 2.74 bits per heavy atom. The smallest absolute Gasteiger partial charge is 0.416 e. The molecule has 0 amide bonds. The van der Waals surface area contributed by atoms with Gasteiger partial charge >= 0.3 is 6.18 Å². The molecule has 0 bridgehead atoms. The minimum atomic E-state index is -4.53. The summed E-state index contributed by atoms with van der Waals surface area (Å²) in [5, 5.41) is 0.0949. The molecule has 0 saturated carbocycles. The first-order chi connectivity index (χ1) is 16.7. The Morgan fingerprint density at radius 1 is 1.20 bits per heavy atom. The SMILES string of the molecule is COc1c2c(cc3c1[C@H](CC(=O)c1ccc(-c4cc(C(F)(F)F)ccc4Cl)o1)[NH+](C)CC3)OCO2. The summed E-state index contributed by atoms with van der Waals surface area (Å²) in [7, 11) is 3.55. The zero-order valence-electron chi connectivity index (χ0n) is 18.9. The standard InChI is InChI=1S/C25H21ClF3NO5/c1-30-8-7-13-9-21-23(34-12-33-21)24(32-2)22(13)17(30)11-18(31)20-6-5-19(35-20)15-10-14(25(27,28)29)3-4-16(15)26/h3-6,9-10,17H,7-8,11-12H2,1-2H3/p+1/t17-/m0/s1. The molecule has 0 fully saturated rings. The van der Waals surface area contributed by atoms with Crippen LogP contribution in [-0.4, -0.2) is 33.3 Å². The fraction of sp³-hybridized carbons (Fsp3) is 0.320. The lowest BCUT2D eigenvalue weighted by Crippen LogP contribution is -3.10. The maximum atomic E-state index is 13.2. The van der Waals surface area contributed by atoms with E-state index in [0.717, 1.165) is 47.2 Å². The monoisotopic (exact) mass is 508 g/mol. The number of ketones is 1. The number of Topliss-reactive ketones (excluding diaryl/α,β-unsaturated/α-hetero) is 1. The van der Waals surface area contributed by atoms with Crippen LogP contribution < -0.4 is 19.1 Å². The highest BCUT2D eigenvalue weighted by Gasteiger charge is 2.38. The molecule has 2 aromatic carbocycles. The molecule has 184 valence electrons. The Morgan fingerprint density at radius 2 is 2.00 bits per heavy atom. The summed E-state index contributed by atoms with van der Waals surface area (Å²) < 4.78 is 62.0. The second kappa shape index (κ2) is 8.80. The van der Waals surface area contributed by atoms with Crippen LogP contribution >= 0.6 is 11.6 Å². The lowest BCUT2D eigenvalue weighted by atomic mass is 9.88. The Kier molecular flexibility index (Phi) is 5.93. The molecule has 0 radical (unpaired) electrons. The Hall–Kier alpha value is -3.17. The first kappa shape index (κ1) is 23.6. The van der Waals surface area contributed by atoms with Crippen molar-refractivity contribution >= 4 is 17.4 Å². The van der Waals surface area contributed by atoms with E-state index in [0.29, 0.717) is 17.2 Å². The summed E-state index contributed by atoms with van der Waals surface area (Å²) in [5.41, 5.74) is 1.14. The average molecular weight is 509 g/mol. The normalized spacial score (nSPS) is 18.9. The third-order valence-electron chi connectivity index (χ3n) is 6.51. The van der Waals surface area contributed by atoms with Gasteiger partial charge in [-0.15, -0.1) is 0 Å². The Balaban J connectivity index is 1.45. The fourth-order valence-electron chi connectivity index (χ4n) is 4.71. The Labute approximate surface area is 204 Å². The number of ether oxygens (including phenoxy) is 3. The molecule has 2 aliphatic rings. The van der Waals surface area contributed by atoms with Crippen molar-refractivity contribution < 1.29 is 41.5 Å². The lowest BCUT2D eigenvalue weighted by Gasteiger charge is -2.32. The van der Waals surface area contributed by atoms with Gasteiger partial charge < -0.3 is 23.5 Å². The summed E-state index contributed by atoms with van der Waals surface area (Å²) in [6, 6.07) is 7.60. The second-order valence-corrected chi connectivity index (χ2v) is 9.01. The zero-order chi connectivity index (χ0) is 24.9. The van der Waals surface area contributed by atoms with Crippen LogP contribution in [0.1, 0.15) is 39.7 Å². The van der Waals surface area contributed by atoms with E-state index in [1.165, 1.54) is 12.1 Å². The number of alkyl halides is 3. The minimum absolute atomic E-state index is 0.0492. The maximum absolute atomic E-state index is 13.2. The molecule has 2 atom stereocenters. The van der Waals surface area contributed by atoms with Gasteiger partial charge in [0.1, 0.15) is 11.8 Å². The third kappa shape index (κ3) is 4.23. The van der Waals surface area contributed by atoms with E-state index in [2.05, 4.69) is 0 Å². The van der Waals surface area contributed by atoms with Gasteiger partial charge in [0.25, 0.3) is 0 Å². The van der Waals surface area contributed by atoms with Crippen molar-refractivity contribution in [1.29, 1.82) is 0 Å². The molecule has 1 N–H and O–H groups in total. The van der Waals surface area contributed by atoms with Crippen LogP contribution in [0.4, 0.5) is 13.2 Å². The number of likely N-dealkylation sites (N-methyl/N-ethyl adjacent to an activating group) is 1. The molecule has 10 heteroatoms. The quantitative estimate of drug-likeness (QED) is 0.504. The summed E-state index contributed by atoms with van der Waals surface area (Å²) >= 11 is 6.13. The van der Waals surface area contributed by atoms with Crippen molar-refractivity contribution in [3.63, 3.8) is 0 Å². The van der Waals surface area contributed by atoms with Gasteiger partial charge in [0.2, 0.25) is 18.3 Å². The highest BCUT2D eigenvalue weighted by molar-refractivity contribution is 6.33. The number of nitrogens with one attached hydrogen (secondary N) is 1. The van der Waals surface area contributed by atoms with Crippen molar-refractivity contribution in [2.45, 2.75) is 25.1 Å². The number of methoxy groups -OCH3 is 1. The van der Waals surface area contributed by atoms with Crippen LogP contribution in [0, 0.1) is 0 Å². The van der Waals surface area contributed by atoms with Crippen LogP contribution in [0.25, 0.3) is 11.3 Å². The molecule has 3 heterocycles. The van der Waals surface area contributed by atoms with E-state index in [1.54, 1.807) is 7.11 Å². The van der Waals surface area contributed by atoms with E-state index >= 15 is 0 Å². The van der Waals surface area contributed by atoms with Crippen LogP contribution in [-0.2, 0) is 12.6 Å². The van der Waals surface area contributed by atoms with Gasteiger partial charge in [-0.25, -0.2) is 0 Å². The summed E-state index contributed by atoms with van der Waals surface area (Å²) in [5.74, 6) is 1.57. The molecular weight excluding hydrogens is 487 g/mol. The van der Waals surface area contributed by atoms with E-state index in [-0.39, 0.29) is 47.1 Å². The van der Waals surface area contributed by atoms with Gasteiger partial charge in [-0.3, -0.25) is 4.79 Å². The number of carbonyl (C=O) groups excluding carboxylic acids is 1. The number of hydrogen-bond acceptors (Lipinski definition) is 5. The first-order valence-electron chi connectivity index (χ1n) is 11.0. The molecular formula is C25H22ClF3NO5+. The minimum Gasteiger partial charge on any atom is -0.492 e. The van der Waals surface area contributed by atoms with Crippen molar-refractivity contribution in [3.05, 3.63) is 63.9 Å². The molecule has 0 saturated heterocycles. The van der Waals surface area contributed by atoms with Crippen molar-refractivity contribution in [2.75, 3.05) is 27.5 Å². The highest BCUT2D eigenvalue weighted by atomic mass is 35.5. The third-order valence-corrected chi connectivity index (χ3v) is 6.84. The van der Waals surface area contributed by atoms with Crippen molar-refractivity contribution in [2.24, 2.45) is 0 Å². The fourth-order valence-corrected chi connectivity index (χ4v) is 4.92. The average Bonchev–Trinajstić information content (AvgIpc) is 3.49. The van der Waals surface area contributed by atoms with Gasteiger partial charge in [-0.1, -0.05) is 11.6 Å². The molecule has 5 rings (SSSR count). The number of furan rings is 1. The van der Waals surface area contributed by atoms with Gasteiger partial charge in [0, 0.05) is 12.0 Å². The summed E-state index contributed by atoms with van der Waals surface area (Å²) in [4.78, 5) is 14.4. The number of quaternary nitrogens is 1. The molecule has 1 unspecified atom stereocenters. The van der Waals surface area contributed by atoms with Gasteiger partial charge in [-0.2, -0.15) is 13.2 Å². The number of halogens is 4. The van der Waals surface area contributed by atoms with Gasteiger partial charge in [0.05, 0.1) is 43.3 Å². The van der Waals surface area contributed by atoms with Gasteiger partial charge in [-0.05, 0) is 42.0 Å². The number of hydrogen-bond donors (Lipinski definition) is 1. The van der Waals surface area contributed by atoms with E-state index < -0.39 is 11.7 Å². The van der Waals surface area contributed by atoms with Crippen molar-refractivity contribution in [3.8, 4) is 28.6 Å². The molecule has 1 aromatic heterocycles. The number of carbonyl (C=O) groups is 1. The maximum Gasteiger partial charge on any atom is 0.416 e. The van der Waals surface area contributed by atoms with Crippen LogP contribution in [0.5, 0.6) is 17.2 Å². The number of fused-ring (bicyclic) bond motifs is 2. The topological polar surface area (TPSA) is 62.3 Å². The van der Waals surface area contributed by atoms with Crippen LogP contribution in [0.3, 0.4) is 0 Å². The molecule has 0 aliphatic carbocycles. The molecule has 0 spiro atoms. The Bertz CT molecular complexity index is 1300. The number of rotatable bonds is 5. The predicted molar refractivity (Wildman–Crippen MR) is 120 cm³/mol. The molecule has 2 aliphatic heterocycles. The second-order valence-electron chi connectivity index (χ2n) is 8.60. The molecule has 3 aromatic rings. The highest BCUT2D eigenvalue weighted by Crippen LogP contribution is 2.48. The summed E-state index contributed by atoms with van der Waals surface area (Å²) in [6.45, 7) is 0.908. The van der Waals surface area contributed by atoms with Crippen LogP contribution in [0.2, 0.25) is 5.02 Å². The predicted octanol–water partition coefficient (Wildman–Crippen LogP) is 4.74. The number of benzene rings is 2.